The van der Waals surface area contributed by atoms with E-state index in [0.29, 0.717) is 12.5 Å². The van der Waals surface area contributed by atoms with E-state index < -0.39 is 0 Å². The third-order valence-corrected chi connectivity index (χ3v) is 5.11. The maximum Gasteiger partial charge on any atom is 0.231 e. The molecule has 27 heavy (non-hydrogen) atoms. The summed E-state index contributed by atoms with van der Waals surface area (Å²) in [6, 6.07) is 28.7. The molecular formula is C24H24N2O. The first-order valence-corrected chi connectivity index (χ1v) is 9.49. The Kier molecular flexibility index (Phi) is 4.93. The molecule has 3 aromatic carbocycles. The highest BCUT2D eigenvalue weighted by Crippen LogP contribution is 2.39. The summed E-state index contributed by atoms with van der Waals surface area (Å²) in [7, 11) is 0. The lowest BCUT2D eigenvalue weighted by atomic mass is 9.91. The first-order valence-electron chi connectivity index (χ1n) is 9.49. The highest BCUT2D eigenvalue weighted by atomic mass is 16.2. The molecule has 0 unspecified atom stereocenters. The lowest BCUT2D eigenvalue weighted by Gasteiger charge is -2.39. The van der Waals surface area contributed by atoms with Gasteiger partial charge in [-0.25, -0.2) is 0 Å². The van der Waals surface area contributed by atoms with Crippen LogP contribution in [-0.2, 0) is 11.2 Å². The zero-order valence-corrected chi connectivity index (χ0v) is 15.5. The van der Waals surface area contributed by atoms with Crippen molar-refractivity contribution >= 4 is 17.3 Å². The second-order valence-electron chi connectivity index (χ2n) is 7.15. The molecule has 1 N–H and O–H groups in total. The fourth-order valence-electron chi connectivity index (χ4n) is 3.89. The van der Waals surface area contributed by atoms with E-state index in [4.69, 9.17) is 0 Å². The van der Waals surface area contributed by atoms with Gasteiger partial charge in [0.2, 0.25) is 5.91 Å². The monoisotopic (exact) mass is 356 g/mol. The predicted molar refractivity (Wildman–Crippen MR) is 111 cm³/mol. The van der Waals surface area contributed by atoms with Crippen molar-refractivity contribution < 1.29 is 4.79 Å². The van der Waals surface area contributed by atoms with Crippen molar-refractivity contribution in [2.24, 2.45) is 0 Å². The van der Waals surface area contributed by atoms with Crippen LogP contribution in [-0.4, -0.2) is 11.9 Å². The van der Waals surface area contributed by atoms with Crippen LogP contribution >= 0.6 is 0 Å². The predicted octanol–water partition coefficient (Wildman–Crippen LogP) is 5.21. The van der Waals surface area contributed by atoms with Gasteiger partial charge in [-0.3, -0.25) is 4.79 Å². The molecule has 3 nitrogen and oxygen atoms in total. The number of carbonyl (C=O) groups is 1. The van der Waals surface area contributed by atoms with Crippen LogP contribution in [0.4, 0.5) is 11.4 Å². The molecule has 0 saturated carbocycles. The molecule has 0 saturated heterocycles. The molecule has 4 rings (SSSR count). The van der Waals surface area contributed by atoms with E-state index >= 15 is 0 Å². The molecule has 136 valence electrons. The van der Waals surface area contributed by atoms with Crippen molar-refractivity contribution in [2.75, 3.05) is 10.2 Å². The molecule has 0 fully saturated rings. The molecule has 2 atom stereocenters. The van der Waals surface area contributed by atoms with Crippen molar-refractivity contribution in [3.05, 3.63) is 96.1 Å². The van der Waals surface area contributed by atoms with E-state index in [0.717, 1.165) is 23.4 Å². The van der Waals surface area contributed by atoms with Gasteiger partial charge in [0.1, 0.15) is 0 Å². The van der Waals surface area contributed by atoms with Gasteiger partial charge in [0, 0.05) is 17.4 Å². The largest absolute Gasteiger partial charge is 0.382 e. The van der Waals surface area contributed by atoms with Crippen molar-refractivity contribution in [3.63, 3.8) is 0 Å². The van der Waals surface area contributed by atoms with Crippen LogP contribution in [0.1, 0.15) is 30.5 Å². The maximum atomic E-state index is 13.4. The Bertz CT molecular complexity index is 908. The number of nitrogens with zero attached hydrogens (tertiary/aromatic N) is 1. The molecule has 0 spiro atoms. The third kappa shape index (κ3) is 3.72. The van der Waals surface area contributed by atoms with Gasteiger partial charge in [0.25, 0.3) is 0 Å². The van der Waals surface area contributed by atoms with Gasteiger partial charge < -0.3 is 10.2 Å². The summed E-state index contributed by atoms with van der Waals surface area (Å²) in [5.74, 6) is 0.126. The van der Waals surface area contributed by atoms with Gasteiger partial charge in [0.05, 0.1) is 12.5 Å². The lowest BCUT2D eigenvalue weighted by Crippen LogP contribution is -2.41. The summed E-state index contributed by atoms with van der Waals surface area (Å²) in [5, 5.41) is 3.55. The van der Waals surface area contributed by atoms with E-state index in [2.05, 4.69) is 24.4 Å². The molecule has 0 aromatic heterocycles. The van der Waals surface area contributed by atoms with Crippen LogP contribution in [0.2, 0.25) is 0 Å². The first-order chi connectivity index (χ1) is 13.2. The summed E-state index contributed by atoms with van der Waals surface area (Å²) in [6.45, 7) is 2.17. The number of nitrogens with one attached hydrogen (secondary N) is 1. The average molecular weight is 356 g/mol. The second kappa shape index (κ2) is 7.67. The number of benzene rings is 3. The van der Waals surface area contributed by atoms with E-state index in [-0.39, 0.29) is 11.9 Å². The standard InChI is InChI=1S/C24H24N2O/c1-18-16-23(21-14-8-9-15-22(21)25-18)26(20-12-6-3-7-13-20)24(27)17-19-10-4-2-5-11-19/h2-15,18,23,25H,16-17H2,1H3/t18-,23-/m0/s1. The van der Waals surface area contributed by atoms with Crippen molar-refractivity contribution in [2.45, 2.75) is 31.8 Å². The Labute approximate surface area is 160 Å². The topological polar surface area (TPSA) is 32.3 Å². The Morgan fingerprint density at radius 1 is 0.926 bits per heavy atom. The van der Waals surface area contributed by atoms with Crippen LogP contribution in [0.25, 0.3) is 0 Å². The summed E-state index contributed by atoms with van der Waals surface area (Å²) in [4.78, 5) is 15.4. The Balaban J connectivity index is 1.74. The van der Waals surface area contributed by atoms with Crippen molar-refractivity contribution in [3.8, 4) is 0 Å². The molecule has 3 heteroatoms. The second-order valence-corrected chi connectivity index (χ2v) is 7.15. The van der Waals surface area contributed by atoms with Gasteiger partial charge in [-0.1, -0.05) is 66.7 Å². The smallest absolute Gasteiger partial charge is 0.231 e. The fraction of sp³-hybridized carbons (Fsp3) is 0.208. The van der Waals surface area contributed by atoms with Crippen LogP contribution in [0.3, 0.4) is 0 Å². The minimum absolute atomic E-state index is 0.0241. The molecule has 1 aliphatic rings. The molecular weight excluding hydrogens is 332 g/mol. The average Bonchev–Trinajstić information content (AvgIpc) is 2.69. The Morgan fingerprint density at radius 2 is 1.56 bits per heavy atom. The molecule has 0 aliphatic carbocycles. The van der Waals surface area contributed by atoms with Crippen LogP contribution in [0.15, 0.2) is 84.9 Å². The molecule has 1 heterocycles. The summed E-state index contributed by atoms with van der Waals surface area (Å²) >= 11 is 0. The molecule has 1 amide bonds. The van der Waals surface area contributed by atoms with E-state index in [1.54, 1.807) is 0 Å². The zero-order valence-electron chi connectivity index (χ0n) is 15.5. The lowest BCUT2D eigenvalue weighted by molar-refractivity contribution is -0.118. The van der Waals surface area contributed by atoms with E-state index in [1.165, 1.54) is 5.56 Å². The van der Waals surface area contributed by atoms with Crippen molar-refractivity contribution in [1.82, 2.24) is 0 Å². The van der Waals surface area contributed by atoms with Gasteiger partial charge in [-0.05, 0) is 42.7 Å². The SMILES string of the molecule is C[C@H]1C[C@H](N(C(=O)Cc2ccccc2)c2ccccc2)c2ccccc2N1. The van der Waals surface area contributed by atoms with Crippen molar-refractivity contribution in [1.29, 1.82) is 0 Å². The van der Waals surface area contributed by atoms with Crippen LogP contribution in [0, 0.1) is 0 Å². The molecule has 0 bridgehead atoms. The molecule has 1 aliphatic heterocycles. The zero-order chi connectivity index (χ0) is 18.6. The van der Waals surface area contributed by atoms with E-state index in [1.807, 2.05) is 77.7 Å². The summed E-state index contributed by atoms with van der Waals surface area (Å²) < 4.78 is 0. The third-order valence-electron chi connectivity index (χ3n) is 5.11. The molecule has 3 aromatic rings. The number of hydrogen-bond donors (Lipinski definition) is 1. The number of rotatable bonds is 4. The number of carbonyl (C=O) groups excluding carboxylic acids is 1. The van der Waals surface area contributed by atoms with Gasteiger partial charge in [-0.15, -0.1) is 0 Å². The number of para-hydroxylation sites is 2. The Hall–Kier alpha value is -3.07. The number of anilines is 2. The number of hydrogen-bond acceptors (Lipinski definition) is 2. The normalized spacial score (nSPS) is 18.3. The molecule has 0 radical (unpaired) electrons. The summed E-state index contributed by atoms with van der Waals surface area (Å²) in [5.41, 5.74) is 4.29. The van der Waals surface area contributed by atoms with Gasteiger partial charge in [0.15, 0.2) is 0 Å². The quantitative estimate of drug-likeness (QED) is 0.696. The first kappa shape index (κ1) is 17.3. The van der Waals surface area contributed by atoms with Crippen LogP contribution < -0.4 is 10.2 Å². The van der Waals surface area contributed by atoms with Gasteiger partial charge >= 0.3 is 0 Å². The Morgan fingerprint density at radius 3 is 2.30 bits per heavy atom. The summed E-state index contributed by atoms with van der Waals surface area (Å²) in [6.07, 6.45) is 1.28. The van der Waals surface area contributed by atoms with Crippen LogP contribution in [0.5, 0.6) is 0 Å². The number of amides is 1. The highest BCUT2D eigenvalue weighted by Gasteiger charge is 2.32. The minimum atomic E-state index is 0.0241. The van der Waals surface area contributed by atoms with E-state index in [9.17, 15) is 4.79 Å². The highest BCUT2D eigenvalue weighted by molar-refractivity contribution is 5.96. The fourth-order valence-corrected chi connectivity index (χ4v) is 3.89. The minimum Gasteiger partial charge on any atom is -0.382 e. The number of fused-ring (bicyclic) bond motifs is 1. The maximum absolute atomic E-state index is 13.4. The van der Waals surface area contributed by atoms with Gasteiger partial charge in [-0.2, -0.15) is 0 Å².